The molecule has 0 unspecified atom stereocenters. The van der Waals surface area contributed by atoms with Gasteiger partial charge in [0.15, 0.2) is 5.78 Å². The van der Waals surface area contributed by atoms with Gasteiger partial charge in [0.05, 0.1) is 41.9 Å². The first-order valence-corrected chi connectivity index (χ1v) is 14.9. The molecule has 5 heterocycles. The molecule has 0 bridgehead atoms. The Labute approximate surface area is 245 Å². The van der Waals surface area contributed by atoms with Crippen molar-refractivity contribution in [3.63, 3.8) is 0 Å². The van der Waals surface area contributed by atoms with E-state index in [2.05, 4.69) is 49.6 Å². The van der Waals surface area contributed by atoms with E-state index >= 15 is 0 Å². The fourth-order valence-corrected chi connectivity index (χ4v) is 6.39. The normalized spacial score (nSPS) is 18.9. The Hall–Kier alpha value is -4.26. The zero-order valence-electron chi connectivity index (χ0n) is 24.0. The number of carbonyl (C=O) groups excluding carboxylic acids is 1. The monoisotopic (exact) mass is 561 g/mol. The zero-order valence-corrected chi connectivity index (χ0v) is 24.0. The third kappa shape index (κ3) is 5.02. The fraction of sp³-hybridized carbons (Fsp3) is 0.394. The number of carbonyl (C=O) groups is 1. The molecule has 42 heavy (non-hydrogen) atoms. The molecule has 9 nitrogen and oxygen atoms in total. The molecule has 0 N–H and O–H groups in total. The maximum absolute atomic E-state index is 12.1. The van der Waals surface area contributed by atoms with Crippen LogP contribution in [0.1, 0.15) is 47.1 Å². The molecule has 0 saturated carbocycles. The Morgan fingerprint density at radius 3 is 2.60 bits per heavy atom. The van der Waals surface area contributed by atoms with E-state index in [0.29, 0.717) is 5.56 Å². The number of ether oxygens (including phenoxy) is 1. The highest BCUT2D eigenvalue weighted by molar-refractivity contribution is 5.97. The lowest BCUT2D eigenvalue weighted by atomic mass is 9.97. The lowest BCUT2D eigenvalue weighted by Gasteiger charge is -2.36. The number of nitriles is 1. The third-order valence-corrected chi connectivity index (χ3v) is 8.84. The number of nitrogens with zero attached hydrogens (tertiary/aromatic N) is 7. The second kappa shape index (κ2) is 11.2. The molecule has 2 fully saturated rings. The minimum atomic E-state index is 0.0660. The summed E-state index contributed by atoms with van der Waals surface area (Å²) in [7, 11) is 0. The van der Waals surface area contributed by atoms with Gasteiger partial charge in [0.25, 0.3) is 0 Å². The average molecular weight is 562 g/mol. The van der Waals surface area contributed by atoms with E-state index in [1.54, 1.807) is 6.92 Å². The molecule has 0 amide bonds. The Morgan fingerprint density at radius 1 is 1.02 bits per heavy atom. The maximum Gasteiger partial charge on any atom is 0.159 e. The van der Waals surface area contributed by atoms with E-state index in [-0.39, 0.29) is 11.9 Å². The van der Waals surface area contributed by atoms with Gasteiger partial charge in [-0.25, -0.2) is 9.97 Å². The predicted octanol–water partition coefficient (Wildman–Crippen LogP) is 4.70. The van der Waals surface area contributed by atoms with Crippen LogP contribution >= 0.6 is 0 Å². The number of aromatic nitrogens is 3. The molecule has 0 spiro atoms. The van der Waals surface area contributed by atoms with Gasteiger partial charge in [-0.2, -0.15) is 5.26 Å². The van der Waals surface area contributed by atoms with Gasteiger partial charge < -0.3 is 19.1 Å². The fourth-order valence-electron chi connectivity index (χ4n) is 6.39. The lowest BCUT2D eigenvalue weighted by Crippen LogP contribution is -2.46. The summed E-state index contributed by atoms with van der Waals surface area (Å²) in [5, 5.41) is 9.60. The van der Waals surface area contributed by atoms with Crippen LogP contribution in [0.25, 0.3) is 11.0 Å². The van der Waals surface area contributed by atoms with Crippen molar-refractivity contribution in [1.82, 2.24) is 19.4 Å². The highest BCUT2D eigenvalue weighted by Gasteiger charge is 2.26. The quantitative estimate of drug-likeness (QED) is 0.300. The number of hydrogen-bond donors (Lipinski definition) is 0. The number of ketones is 1. The summed E-state index contributed by atoms with van der Waals surface area (Å²) in [6.45, 7) is 8.41. The molecule has 3 aliphatic heterocycles. The van der Waals surface area contributed by atoms with Crippen LogP contribution in [0.2, 0.25) is 0 Å². The summed E-state index contributed by atoms with van der Waals surface area (Å²) in [6.07, 6.45) is 3.19. The second-order valence-corrected chi connectivity index (χ2v) is 11.5. The number of anilines is 3. The first-order valence-electron chi connectivity index (χ1n) is 14.9. The lowest BCUT2D eigenvalue weighted by molar-refractivity contribution is -0.0592. The summed E-state index contributed by atoms with van der Waals surface area (Å²) in [6, 6.07) is 20.4. The number of rotatable bonds is 7. The van der Waals surface area contributed by atoms with Crippen LogP contribution in [0.5, 0.6) is 0 Å². The third-order valence-electron chi connectivity index (χ3n) is 8.84. The summed E-state index contributed by atoms with van der Waals surface area (Å²) < 4.78 is 8.02. The summed E-state index contributed by atoms with van der Waals surface area (Å²) in [4.78, 5) is 29.2. The van der Waals surface area contributed by atoms with Gasteiger partial charge in [0, 0.05) is 50.6 Å². The van der Waals surface area contributed by atoms with Crippen LogP contribution in [-0.2, 0) is 24.2 Å². The smallest absolute Gasteiger partial charge is 0.159 e. The van der Waals surface area contributed by atoms with Crippen LogP contribution in [0.4, 0.5) is 17.3 Å². The number of hydrogen-bond acceptors (Lipinski definition) is 8. The number of pyridine rings is 1. The van der Waals surface area contributed by atoms with E-state index in [1.807, 2.05) is 30.3 Å². The molecule has 0 aliphatic carbocycles. The van der Waals surface area contributed by atoms with Crippen LogP contribution in [0.15, 0.2) is 54.6 Å². The molecule has 4 aromatic rings. The van der Waals surface area contributed by atoms with Crippen LogP contribution in [0.3, 0.4) is 0 Å². The minimum Gasteiger partial charge on any atom is -0.376 e. The Kier molecular flexibility index (Phi) is 7.10. The van der Waals surface area contributed by atoms with E-state index < -0.39 is 0 Å². The van der Waals surface area contributed by atoms with Gasteiger partial charge in [-0.15, -0.1) is 0 Å². The number of piperazine rings is 1. The highest BCUT2D eigenvalue weighted by Crippen LogP contribution is 2.35. The van der Waals surface area contributed by atoms with Crippen molar-refractivity contribution in [3.05, 3.63) is 77.1 Å². The summed E-state index contributed by atoms with van der Waals surface area (Å²) >= 11 is 0. The highest BCUT2D eigenvalue weighted by atomic mass is 16.5. The number of fused-ring (bicyclic) bond motifs is 2. The van der Waals surface area contributed by atoms with Crippen LogP contribution < -0.4 is 9.80 Å². The standard InChI is InChI=1S/C33H35N7O2/c1-23(41)24-10-11-28-30(19-24)40(21-26-12-18-42-26)33(35-28)22-37-14-16-38(17-15-37)31-8-3-9-32(36-31)39-13-4-6-27-25(20-34)5-2-7-29(27)39/h2-3,5,7-11,19,26H,4,6,12-18,21-22H2,1H3/t26-/m0/s1. The van der Waals surface area contributed by atoms with E-state index in [1.165, 1.54) is 0 Å². The molecule has 214 valence electrons. The molecular formula is C33H35N7O2. The Morgan fingerprint density at radius 2 is 1.83 bits per heavy atom. The molecule has 3 aliphatic rings. The van der Waals surface area contributed by atoms with Crippen LogP contribution in [-0.4, -0.2) is 70.7 Å². The van der Waals surface area contributed by atoms with Gasteiger partial charge in [0.1, 0.15) is 17.5 Å². The molecular weight excluding hydrogens is 526 g/mol. The van der Waals surface area contributed by atoms with Crippen molar-refractivity contribution < 1.29 is 9.53 Å². The molecule has 1 atom stereocenters. The van der Waals surface area contributed by atoms with E-state index in [9.17, 15) is 10.1 Å². The Bertz CT molecular complexity index is 1680. The SMILES string of the molecule is CC(=O)c1ccc2nc(CN3CCN(c4cccc(N5CCCc6c(C#N)cccc65)n4)CC3)n(C[C@@H]3CCO3)c2c1. The first-order chi connectivity index (χ1) is 20.6. The molecule has 2 aromatic carbocycles. The predicted molar refractivity (Wildman–Crippen MR) is 162 cm³/mol. The zero-order chi connectivity index (χ0) is 28.6. The van der Waals surface area contributed by atoms with E-state index in [4.69, 9.17) is 14.7 Å². The Balaban J connectivity index is 1.07. The van der Waals surface area contributed by atoms with Crippen molar-refractivity contribution in [2.24, 2.45) is 0 Å². The molecule has 2 saturated heterocycles. The first kappa shape index (κ1) is 26.6. The van der Waals surface area contributed by atoms with Crippen LogP contribution in [0, 0.1) is 11.3 Å². The van der Waals surface area contributed by atoms with E-state index in [0.717, 1.165) is 117 Å². The molecule has 9 heteroatoms. The van der Waals surface area contributed by atoms with Gasteiger partial charge in [-0.05, 0) is 74.2 Å². The average Bonchev–Trinajstić information content (AvgIpc) is 3.34. The van der Waals surface area contributed by atoms with Crippen molar-refractivity contribution in [1.29, 1.82) is 5.26 Å². The van der Waals surface area contributed by atoms with Crippen molar-refractivity contribution in [2.75, 3.05) is 49.1 Å². The van der Waals surface area contributed by atoms with Crippen molar-refractivity contribution in [2.45, 2.75) is 45.4 Å². The molecule has 7 rings (SSSR count). The number of benzene rings is 2. The summed E-state index contributed by atoms with van der Waals surface area (Å²) in [5.41, 5.74) is 5.63. The van der Waals surface area contributed by atoms with Crippen molar-refractivity contribution >= 4 is 34.1 Å². The number of imidazole rings is 1. The maximum atomic E-state index is 12.1. The molecule has 0 radical (unpaired) electrons. The minimum absolute atomic E-state index is 0.0660. The number of Topliss-reactive ketones (excluding diaryl/α,β-unsaturated/α-hetero) is 1. The van der Waals surface area contributed by atoms with Gasteiger partial charge in [-0.1, -0.05) is 12.1 Å². The van der Waals surface area contributed by atoms with Gasteiger partial charge in [0.2, 0.25) is 0 Å². The topological polar surface area (TPSA) is 90.5 Å². The van der Waals surface area contributed by atoms with Gasteiger partial charge in [-0.3, -0.25) is 9.69 Å². The van der Waals surface area contributed by atoms with Crippen molar-refractivity contribution in [3.8, 4) is 6.07 Å². The van der Waals surface area contributed by atoms with Gasteiger partial charge >= 0.3 is 0 Å². The summed E-state index contributed by atoms with van der Waals surface area (Å²) in [5.74, 6) is 3.01. The second-order valence-electron chi connectivity index (χ2n) is 11.5. The molecule has 2 aromatic heterocycles. The largest absolute Gasteiger partial charge is 0.376 e.